The van der Waals surface area contributed by atoms with Gasteiger partial charge in [-0.1, -0.05) is 231 Å². The Labute approximate surface area is 441 Å². The molecule has 2 heteroatoms. The van der Waals surface area contributed by atoms with Gasteiger partial charge in [-0.05, 0) is 143 Å². The van der Waals surface area contributed by atoms with E-state index in [-0.39, 0.29) is 0 Å². The van der Waals surface area contributed by atoms with Crippen LogP contribution in [0.1, 0.15) is 44.5 Å². The minimum atomic E-state index is -0.595. The van der Waals surface area contributed by atoms with Crippen LogP contribution in [-0.4, -0.2) is 4.57 Å². The lowest BCUT2D eigenvalue weighted by Gasteiger charge is -2.39. The Kier molecular flexibility index (Phi) is 8.44. The summed E-state index contributed by atoms with van der Waals surface area (Å²) in [6.45, 7) is 0. The quantitative estimate of drug-likeness (QED) is 0.167. The number of rotatable bonds is 5. The van der Waals surface area contributed by atoms with Gasteiger partial charge >= 0.3 is 0 Å². The van der Waals surface area contributed by atoms with Crippen LogP contribution in [0.3, 0.4) is 0 Å². The van der Waals surface area contributed by atoms with Crippen LogP contribution in [0.15, 0.2) is 279 Å². The number of para-hydroxylation sites is 3. The number of aromatic nitrogens is 1. The van der Waals surface area contributed by atoms with Gasteiger partial charge in [0.25, 0.3) is 0 Å². The molecule has 0 amide bonds. The van der Waals surface area contributed by atoms with Crippen molar-refractivity contribution in [2.45, 2.75) is 10.8 Å². The highest BCUT2D eigenvalue weighted by atomic mass is 15.1. The summed E-state index contributed by atoms with van der Waals surface area (Å²) in [5, 5.41) is 2.56. The van der Waals surface area contributed by atoms with Crippen molar-refractivity contribution in [3.63, 3.8) is 0 Å². The Balaban J connectivity index is 0.954. The molecule has 76 heavy (non-hydrogen) atoms. The van der Waals surface area contributed by atoms with E-state index in [4.69, 9.17) is 0 Å². The minimum absolute atomic E-state index is 0.556. The Morgan fingerprint density at radius 2 is 0.750 bits per heavy atom. The van der Waals surface area contributed by atoms with E-state index in [9.17, 15) is 0 Å². The fourth-order valence-corrected chi connectivity index (χ4v) is 14.7. The maximum Gasteiger partial charge on any atom is 0.0755 e. The van der Waals surface area contributed by atoms with Crippen molar-refractivity contribution in [2.24, 2.45) is 0 Å². The average Bonchev–Trinajstić information content (AvgIpc) is 4.37. The van der Waals surface area contributed by atoms with Gasteiger partial charge in [0.05, 0.1) is 33.2 Å². The standard InChI is InChI=1S/C74H46N2/c1-3-19-47(20-4-1)49-37-40-51(41-38-49)75(52-42-44-56-55-43-39-50(48-21-5-2-6-22-48)45-66(55)73(67(56)46-52)60-28-11-7-23-53(60)54-24-8-12-29-61(54)73)70-36-18-32-64-71(70)59-26-9-13-30-62(59)74(64)63-31-14-16-35-69(63)76-68-34-15-10-25-57(68)58-27-17-33-65(74)72(58)76/h1-46H. The molecule has 352 valence electrons. The molecule has 0 saturated heterocycles. The van der Waals surface area contributed by atoms with Crippen molar-refractivity contribution in [2.75, 3.05) is 4.90 Å². The van der Waals surface area contributed by atoms with E-state index in [0.29, 0.717) is 0 Å². The maximum atomic E-state index is 2.56. The van der Waals surface area contributed by atoms with Crippen molar-refractivity contribution in [3.8, 4) is 61.3 Å². The van der Waals surface area contributed by atoms with Crippen LogP contribution in [0.25, 0.3) is 83.1 Å². The molecular formula is C74H46N2. The summed E-state index contributed by atoms with van der Waals surface area (Å²) < 4.78 is 2.53. The molecule has 1 unspecified atom stereocenters. The zero-order chi connectivity index (χ0) is 49.7. The average molecular weight is 963 g/mol. The normalized spacial score (nSPS) is 15.3. The molecule has 0 fully saturated rings. The zero-order valence-electron chi connectivity index (χ0n) is 41.5. The minimum Gasteiger partial charge on any atom is -0.310 e. The van der Waals surface area contributed by atoms with E-state index in [1.165, 1.54) is 128 Å². The van der Waals surface area contributed by atoms with Gasteiger partial charge in [0.2, 0.25) is 0 Å². The summed E-state index contributed by atoms with van der Waals surface area (Å²) in [6.07, 6.45) is 0. The first-order valence-corrected chi connectivity index (χ1v) is 26.6. The lowest BCUT2D eigenvalue weighted by Crippen LogP contribution is -2.33. The van der Waals surface area contributed by atoms with Crippen LogP contribution in [0.5, 0.6) is 0 Å². The smallest absolute Gasteiger partial charge is 0.0755 e. The highest BCUT2D eigenvalue weighted by Gasteiger charge is 2.54. The number of benzene rings is 12. The van der Waals surface area contributed by atoms with Crippen molar-refractivity contribution < 1.29 is 0 Å². The van der Waals surface area contributed by atoms with E-state index in [1.807, 2.05) is 0 Å². The van der Waals surface area contributed by atoms with Gasteiger partial charge in [-0.2, -0.15) is 0 Å². The third-order valence-corrected chi connectivity index (χ3v) is 17.6. The molecule has 13 aromatic rings. The Morgan fingerprint density at radius 3 is 1.49 bits per heavy atom. The number of fused-ring (bicyclic) bond motifs is 22. The Bertz CT molecular complexity index is 4530. The second kappa shape index (κ2) is 15.4. The number of nitrogens with zero attached hydrogens (tertiary/aromatic N) is 2. The fourth-order valence-electron chi connectivity index (χ4n) is 14.7. The summed E-state index contributed by atoms with van der Waals surface area (Å²) in [5.41, 5.74) is 28.9. The van der Waals surface area contributed by atoms with Gasteiger partial charge in [-0.15, -0.1) is 0 Å². The second-order valence-corrected chi connectivity index (χ2v) is 21.0. The maximum absolute atomic E-state index is 2.56. The third-order valence-electron chi connectivity index (χ3n) is 17.6. The monoisotopic (exact) mass is 962 g/mol. The van der Waals surface area contributed by atoms with Gasteiger partial charge in [-0.3, -0.25) is 0 Å². The number of hydrogen-bond acceptors (Lipinski definition) is 1. The van der Waals surface area contributed by atoms with Gasteiger partial charge in [0.15, 0.2) is 0 Å². The molecule has 1 atom stereocenters. The first-order chi connectivity index (χ1) is 37.7. The lowest BCUT2D eigenvalue weighted by atomic mass is 9.65. The predicted molar refractivity (Wildman–Crippen MR) is 313 cm³/mol. The van der Waals surface area contributed by atoms with E-state index in [2.05, 4.69) is 289 Å². The lowest BCUT2D eigenvalue weighted by molar-refractivity contribution is 0.748. The van der Waals surface area contributed by atoms with Crippen LogP contribution >= 0.6 is 0 Å². The summed E-state index contributed by atoms with van der Waals surface area (Å²) in [4.78, 5) is 2.56. The molecule has 2 heterocycles. The molecular weight excluding hydrogens is 917 g/mol. The molecule has 2 nitrogen and oxygen atoms in total. The molecule has 1 aliphatic heterocycles. The van der Waals surface area contributed by atoms with Crippen LogP contribution < -0.4 is 4.90 Å². The van der Waals surface area contributed by atoms with E-state index in [0.717, 1.165) is 17.1 Å². The molecule has 0 saturated carbocycles. The first-order valence-electron chi connectivity index (χ1n) is 26.6. The molecule has 2 spiro atoms. The largest absolute Gasteiger partial charge is 0.310 e. The van der Waals surface area contributed by atoms with E-state index < -0.39 is 10.8 Å². The van der Waals surface area contributed by atoms with Crippen molar-refractivity contribution in [3.05, 3.63) is 324 Å². The predicted octanol–water partition coefficient (Wildman–Crippen LogP) is 18.6. The van der Waals surface area contributed by atoms with Crippen LogP contribution in [0.2, 0.25) is 0 Å². The van der Waals surface area contributed by atoms with Gasteiger partial charge in [0, 0.05) is 27.7 Å². The number of anilines is 3. The van der Waals surface area contributed by atoms with Gasteiger partial charge in [-0.25, -0.2) is 0 Å². The Morgan fingerprint density at radius 1 is 0.276 bits per heavy atom. The molecule has 4 aliphatic rings. The highest BCUT2D eigenvalue weighted by molar-refractivity contribution is 6.13. The van der Waals surface area contributed by atoms with E-state index >= 15 is 0 Å². The second-order valence-electron chi connectivity index (χ2n) is 21.0. The van der Waals surface area contributed by atoms with Gasteiger partial charge < -0.3 is 9.47 Å². The summed E-state index contributed by atoms with van der Waals surface area (Å²) >= 11 is 0. The first kappa shape index (κ1) is 41.7. The molecule has 12 aromatic carbocycles. The Hall–Kier alpha value is -9.76. The summed E-state index contributed by atoms with van der Waals surface area (Å²) in [7, 11) is 0. The highest BCUT2D eigenvalue weighted by Crippen LogP contribution is 2.66. The van der Waals surface area contributed by atoms with Crippen LogP contribution in [-0.2, 0) is 10.8 Å². The zero-order valence-corrected chi connectivity index (χ0v) is 41.5. The molecule has 3 aliphatic carbocycles. The van der Waals surface area contributed by atoms with Crippen molar-refractivity contribution in [1.29, 1.82) is 0 Å². The molecule has 0 N–H and O–H groups in total. The van der Waals surface area contributed by atoms with Crippen molar-refractivity contribution in [1.82, 2.24) is 4.57 Å². The fraction of sp³-hybridized carbons (Fsp3) is 0.0270. The molecule has 0 bridgehead atoms. The third kappa shape index (κ3) is 5.25. The topological polar surface area (TPSA) is 8.17 Å². The summed E-state index contributed by atoms with van der Waals surface area (Å²) in [6, 6.07) is 105. The SMILES string of the molecule is c1ccc(-c2ccc(N(c3ccc4c(c3)C3(c5ccccc5-c5ccccc53)c3cc(-c5ccccc5)ccc3-4)c3cccc4c3-c3ccccc3C43c4ccccc4-n4c5ccccc5c5cccc3c54)cc2)cc1. The summed E-state index contributed by atoms with van der Waals surface area (Å²) in [5.74, 6) is 0. The van der Waals surface area contributed by atoms with Crippen molar-refractivity contribution >= 4 is 38.9 Å². The van der Waals surface area contributed by atoms with Gasteiger partial charge in [0.1, 0.15) is 0 Å². The number of hydrogen-bond donors (Lipinski definition) is 0. The molecule has 1 aromatic heterocycles. The van der Waals surface area contributed by atoms with Crippen LogP contribution in [0, 0.1) is 0 Å². The van der Waals surface area contributed by atoms with E-state index in [1.54, 1.807) is 0 Å². The molecule has 0 radical (unpaired) electrons. The molecule has 17 rings (SSSR count). The van der Waals surface area contributed by atoms with Crippen LogP contribution in [0.4, 0.5) is 17.1 Å².